The van der Waals surface area contributed by atoms with Gasteiger partial charge in [0.05, 0.1) is 23.9 Å². The van der Waals surface area contributed by atoms with Gasteiger partial charge in [-0.3, -0.25) is 4.79 Å². The topological polar surface area (TPSA) is 46.9 Å². The van der Waals surface area contributed by atoms with Crippen LogP contribution in [0.1, 0.15) is 5.56 Å². The number of carbonyl (C=O) groups excluding carboxylic acids is 1. The average Bonchev–Trinajstić information content (AvgIpc) is 2.96. The van der Waals surface area contributed by atoms with Gasteiger partial charge in [-0.1, -0.05) is 24.0 Å². The lowest BCUT2D eigenvalue weighted by molar-refractivity contribution is -0.121. The molecule has 0 unspecified atom stereocenters. The van der Waals surface area contributed by atoms with Crippen LogP contribution in [-0.2, 0) is 11.3 Å². The number of para-hydroxylation sites is 2. The van der Waals surface area contributed by atoms with E-state index >= 15 is 0 Å². The molecule has 0 radical (unpaired) electrons. The molecule has 0 saturated heterocycles. The second kappa shape index (κ2) is 6.75. The summed E-state index contributed by atoms with van der Waals surface area (Å²) >= 11 is 0. The molecule has 4 nitrogen and oxygen atoms in total. The minimum absolute atomic E-state index is 0.137. The summed E-state index contributed by atoms with van der Waals surface area (Å²) in [5.74, 6) is 5.27. The summed E-state index contributed by atoms with van der Waals surface area (Å²) in [5, 5.41) is 2.73. The third kappa shape index (κ3) is 3.74. The fourth-order valence-corrected chi connectivity index (χ4v) is 2.17. The first-order chi connectivity index (χ1) is 11.2. The molecule has 1 aromatic heterocycles. The molecule has 0 bridgehead atoms. The van der Waals surface area contributed by atoms with Crippen LogP contribution < -0.4 is 5.32 Å². The van der Waals surface area contributed by atoms with Crippen LogP contribution in [0.25, 0.3) is 11.0 Å². The predicted octanol–water partition coefficient (Wildman–Crippen LogP) is 2.34. The van der Waals surface area contributed by atoms with Crippen molar-refractivity contribution in [3.63, 3.8) is 0 Å². The Balaban J connectivity index is 1.55. The highest BCUT2D eigenvalue weighted by molar-refractivity contribution is 5.80. The molecule has 3 aromatic rings. The summed E-state index contributed by atoms with van der Waals surface area (Å²) in [4.78, 5) is 16.2. The Morgan fingerprint density at radius 1 is 1.17 bits per heavy atom. The van der Waals surface area contributed by atoms with Gasteiger partial charge in [-0.05, 0) is 36.4 Å². The number of hydrogen-bond donors (Lipinski definition) is 1. The summed E-state index contributed by atoms with van der Waals surface area (Å²) in [6, 6.07) is 13.5. The van der Waals surface area contributed by atoms with Gasteiger partial charge in [0.1, 0.15) is 12.4 Å². The Bertz CT molecular complexity index is 888. The third-order valence-electron chi connectivity index (χ3n) is 3.29. The zero-order valence-corrected chi connectivity index (χ0v) is 12.3. The van der Waals surface area contributed by atoms with Crippen LogP contribution in [0.5, 0.6) is 0 Å². The molecular weight excluding hydrogens is 293 g/mol. The van der Waals surface area contributed by atoms with Crippen molar-refractivity contribution in [1.29, 1.82) is 0 Å². The van der Waals surface area contributed by atoms with Crippen molar-refractivity contribution in [2.75, 3.05) is 6.54 Å². The predicted molar refractivity (Wildman–Crippen MR) is 86.0 cm³/mol. The maximum absolute atomic E-state index is 12.8. The Hall–Kier alpha value is -3.13. The van der Waals surface area contributed by atoms with Crippen LogP contribution >= 0.6 is 0 Å². The Morgan fingerprint density at radius 3 is 2.78 bits per heavy atom. The Labute approximate surface area is 133 Å². The molecule has 1 heterocycles. The van der Waals surface area contributed by atoms with Crippen LogP contribution in [0.15, 0.2) is 54.9 Å². The number of rotatable bonds is 3. The van der Waals surface area contributed by atoms with Gasteiger partial charge in [-0.15, -0.1) is 0 Å². The molecule has 3 rings (SSSR count). The van der Waals surface area contributed by atoms with E-state index in [2.05, 4.69) is 22.1 Å². The van der Waals surface area contributed by atoms with Gasteiger partial charge in [0.15, 0.2) is 0 Å². The van der Waals surface area contributed by atoms with Crippen molar-refractivity contribution in [2.45, 2.75) is 6.54 Å². The highest BCUT2D eigenvalue weighted by Crippen LogP contribution is 2.11. The van der Waals surface area contributed by atoms with Crippen molar-refractivity contribution in [2.24, 2.45) is 0 Å². The molecule has 0 saturated carbocycles. The maximum Gasteiger partial charge on any atom is 0.240 e. The van der Waals surface area contributed by atoms with Gasteiger partial charge in [0, 0.05) is 5.56 Å². The van der Waals surface area contributed by atoms with E-state index in [0.29, 0.717) is 5.56 Å². The molecule has 0 atom stereocenters. The maximum atomic E-state index is 12.8. The molecule has 0 aliphatic rings. The van der Waals surface area contributed by atoms with E-state index < -0.39 is 0 Å². The highest BCUT2D eigenvalue weighted by atomic mass is 19.1. The number of aromatic nitrogens is 2. The SMILES string of the molecule is O=C(Cn1cnc2ccccc21)NCC#Cc1ccc(F)cc1. The monoisotopic (exact) mass is 307 g/mol. The zero-order valence-electron chi connectivity index (χ0n) is 12.3. The fraction of sp³-hybridized carbons (Fsp3) is 0.111. The number of carbonyl (C=O) groups is 1. The fourth-order valence-electron chi connectivity index (χ4n) is 2.17. The van der Waals surface area contributed by atoms with E-state index in [1.165, 1.54) is 12.1 Å². The van der Waals surface area contributed by atoms with Crippen LogP contribution in [0, 0.1) is 17.7 Å². The molecule has 0 spiro atoms. The molecular formula is C18H14FN3O. The quantitative estimate of drug-likeness (QED) is 0.755. The summed E-state index contributed by atoms with van der Waals surface area (Å²) in [5.41, 5.74) is 2.48. The van der Waals surface area contributed by atoms with Crippen molar-refractivity contribution in [3.05, 3.63) is 66.2 Å². The van der Waals surface area contributed by atoms with Gasteiger partial charge in [0.2, 0.25) is 5.91 Å². The average molecular weight is 307 g/mol. The number of amides is 1. The van der Waals surface area contributed by atoms with E-state index in [-0.39, 0.29) is 24.8 Å². The van der Waals surface area contributed by atoms with Crippen LogP contribution in [0.4, 0.5) is 4.39 Å². The van der Waals surface area contributed by atoms with Gasteiger partial charge in [-0.2, -0.15) is 0 Å². The van der Waals surface area contributed by atoms with Gasteiger partial charge in [-0.25, -0.2) is 9.37 Å². The summed E-state index contributed by atoms with van der Waals surface area (Å²) < 4.78 is 14.5. The molecule has 0 aliphatic carbocycles. The number of imidazole rings is 1. The Morgan fingerprint density at radius 2 is 1.96 bits per heavy atom. The van der Waals surface area contributed by atoms with Crippen molar-refractivity contribution >= 4 is 16.9 Å². The second-order valence-corrected chi connectivity index (χ2v) is 4.95. The normalized spacial score (nSPS) is 10.1. The number of hydrogen-bond acceptors (Lipinski definition) is 2. The number of benzene rings is 2. The summed E-state index contributed by atoms with van der Waals surface area (Å²) in [6.07, 6.45) is 1.65. The van der Waals surface area contributed by atoms with Gasteiger partial charge >= 0.3 is 0 Å². The van der Waals surface area contributed by atoms with E-state index in [1.807, 2.05) is 24.3 Å². The number of fused-ring (bicyclic) bond motifs is 1. The standard InChI is InChI=1S/C18H14FN3O/c19-15-9-7-14(8-10-15)4-3-11-20-18(23)12-22-13-21-16-5-1-2-6-17(16)22/h1-2,5-10,13H,11-12H2,(H,20,23). The molecule has 2 aromatic carbocycles. The molecule has 1 N–H and O–H groups in total. The van der Waals surface area contributed by atoms with E-state index in [9.17, 15) is 9.18 Å². The number of nitrogens with one attached hydrogen (secondary N) is 1. The minimum atomic E-state index is -0.295. The molecule has 5 heteroatoms. The molecule has 1 amide bonds. The Kier molecular flexibility index (Phi) is 4.34. The molecule has 0 aliphatic heterocycles. The third-order valence-corrected chi connectivity index (χ3v) is 3.29. The van der Waals surface area contributed by atoms with Gasteiger partial charge < -0.3 is 9.88 Å². The number of halogens is 1. The number of nitrogens with zero attached hydrogens (tertiary/aromatic N) is 2. The van der Waals surface area contributed by atoms with E-state index in [1.54, 1.807) is 23.0 Å². The van der Waals surface area contributed by atoms with Crippen LogP contribution in [0.2, 0.25) is 0 Å². The van der Waals surface area contributed by atoms with Crippen LogP contribution in [0.3, 0.4) is 0 Å². The van der Waals surface area contributed by atoms with Crippen molar-refractivity contribution < 1.29 is 9.18 Å². The molecule has 0 fully saturated rings. The second-order valence-electron chi connectivity index (χ2n) is 4.95. The van der Waals surface area contributed by atoms with Crippen molar-refractivity contribution in [1.82, 2.24) is 14.9 Å². The lowest BCUT2D eigenvalue weighted by Gasteiger charge is -2.03. The lowest BCUT2D eigenvalue weighted by Crippen LogP contribution is -2.27. The molecule has 23 heavy (non-hydrogen) atoms. The highest BCUT2D eigenvalue weighted by Gasteiger charge is 2.05. The first-order valence-corrected chi connectivity index (χ1v) is 7.13. The minimum Gasteiger partial charge on any atom is -0.344 e. The van der Waals surface area contributed by atoms with Crippen molar-refractivity contribution in [3.8, 4) is 11.8 Å². The summed E-state index contributed by atoms with van der Waals surface area (Å²) in [6.45, 7) is 0.432. The van der Waals surface area contributed by atoms with Crippen LogP contribution in [-0.4, -0.2) is 22.0 Å². The largest absolute Gasteiger partial charge is 0.344 e. The smallest absolute Gasteiger partial charge is 0.240 e. The van der Waals surface area contributed by atoms with E-state index in [0.717, 1.165) is 11.0 Å². The first-order valence-electron chi connectivity index (χ1n) is 7.13. The molecule has 114 valence electrons. The first kappa shape index (κ1) is 14.8. The summed E-state index contributed by atoms with van der Waals surface area (Å²) in [7, 11) is 0. The van der Waals surface area contributed by atoms with Gasteiger partial charge in [0.25, 0.3) is 0 Å². The zero-order chi connectivity index (χ0) is 16.1. The van der Waals surface area contributed by atoms with E-state index in [4.69, 9.17) is 0 Å². The lowest BCUT2D eigenvalue weighted by atomic mass is 10.2.